The monoisotopic (exact) mass is 489 g/mol. The fraction of sp³-hybridized carbons (Fsp3) is 0.111. The number of halogens is 6. The second-order valence-corrected chi connectivity index (χ2v) is 6.52. The van der Waals surface area contributed by atoms with Gasteiger partial charge in [-0.25, -0.2) is 9.55 Å². The first-order valence-electron chi connectivity index (χ1n) is 8.77. The molecule has 0 radical (unpaired) electrons. The van der Waals surface area contributed by atoms with Crippen LogP contribution in [0.3, 0.4) is 0 Å². The van der Waals surface area contributed by atoms with E-state index in [2.05, 4.69) is 10.3 Å². The van der Waals surface area contributed by atoms with Gasteiger partial charge in [0.2, 0.25) is 5.95 Å². The number of nitro groups is 2. The summed E-state index contributed by atoms with van der Waals surface area (Å²) in [6.07, 6.45) is -10.1. The third-order valence-electron chi connectivity index (χ3n) is 4.30. The second kappa shape index (κ2) is 8.45. The number of nitro benzene ring substituents is 2. The lowest BCUT2D eigenvalue weighted by Crippen LogP contribution is -2.25. The summed E-state index contributed by atoms with van der Waals surface area (Å²) in [6.45, 7) is 0. The van der Waals surface area contributed by atoms with Crippen molar-refractivity contribution < 1.29 is 36.2 Å². The van der Waals surface area contributed by atoms with Gasteiger partial charge < -0.3 is 5.32 Å². The van der Waals surface area contributed by atoms with E-state index in [1.165, 1.54) is 0 Å². The molecule has 1 heterocycles. The Morgan fingerprint density at radius 3 is 1.97 bits per heavy atom. The molecule has 34 heavy (non-hydrogen) atoms. The molecule has 0 atom stereocenters. The maximum Gasteiger partial charge on any atom is 0.433 e. The van der Waals surface area contributed by atoms with E-state index < -0.39 is 62.0 Å². The maximum atomic E-state index is 13.2. The quantitative estimate of drug-likeness (QED) is 0.308. The predicted molar refractivity (Wildman–Crippen MR) is 103 cm³/mol. The molecule has 0 saturated carbocycles. The Labute approximate surface area is 183 Å². The highest BCUT2D eigenvalue weighted by Gasteiger charge is 2.35. The first kappa shape index (κ1) is 24.1. The molecule has 0 unspecified atom stereocenters. The maximum absolute atomic E-state index is 13.2. The summed E-state index contributed by atoms with van der Waals surface area (Å²) in [5.41, 5.74) is -6.88. The molecule has 3 aromatic rings. The summed E-state index contributed by atoms with van der Waals surface area (Å²) in [5.74, 6) is -0.934. The number of aromatic nitrogens is 2. The number of benzene rings is 2. The molecule has 16 heteroatoms. The van der Waals surface area contributed by atoms with Gasteiger partial charge in [0.25, 0.3) is 16.9 Å². The molecular formula is C18H9F6N5O5. The Balaban J connectivity index is 2.22. The first-order chi connectivity index (χ1) is 15.7. The van der Waals surface area contributed by atoms with E-state index in [1.54, 1.807) is 0 Å². The predicted octanol–water partition coefficient (Wildman–Crippen LogP) is 4.83. The molecule has 0 aliphatic heterocycles. The van der Waals surface area contributed by atoms with Gasteiger partial charge in [-0.05, 0) is 24.3 Å². The standard InChI is InChI=1S/C18H9F6N5O5/c19-17(20,21)9-1-6-12(13(7-9)29(33)34)25-16-26-14(18(22,23)24)8-15(30)27(16)10-2-4-11(5-3-10)28(31)32/h1-8H,(H,25,26). The van der Waals surface area contributed by atoms with Gasteiger partial charge >= 0.3 is 12.4 Å². The van der Waals surface area contributed by atoms with E-state index >= 15 is 0 Å². The van der Waals surface area contributed by atoms with Crippen molar-refractivity contribution in [3.05, 3.63) is 90.4 Å². The van der Waals surface area contributed by atoms with Crippen LogP contribution in [0.25, 0.3) is 5.69 Å². The Hall–Kier alpha value is -4.50. The van der Waals surface area contributed by atoms with Crippen molar-refractivity contribution in [2.75, 3.05) is 5.32 Å². The molecule has 1 aromatic heterocycles. The van der Waals surface area contributed by atoms with Crippen molar-refractivity contribution in [1.82, 2.24) is 9.55 Å². The largest absolute Gasteiger partial charge is 0.433 e. The number of non-ortho nitro benzene ring substituents is 1. The highest BCUT2D eigenvalue weighted by atomic mass is 19.4. The average molecular weight is 489 g/mol. The minimum Gasteiger partial charge on any atom is -0.319 e. The SMILES string of the molecule is O=c1cc(C(F)(F)F)nc(Nc2ccc(C(F)(F)F)cc2[N+](=O)[O-])n1-c1ccc([N+](=O)[O-])cc1. The van der Waals surface area contributed by atoms with Gasteiger partial charge in [0.1, 0.15) is 5.69 Å². The minimum absolute atomic E-state index is 0.119. The zero-order chi connectivity index (χ0) is 25.4. The number of rotatable bonds is 5. The van der Waals surface area contributed by atoms with Crippen LogP contribution in [0.2, 0.25) is 0 Å². The van der Waals surface area contributed by atoms with Crippen molar-refractivity contribution in [1.29, 1.82) is 0 Å². The van der Waals surface area contributed by atoms with Crippen molar-refractivity contribution in [3.63, 3.8) is 0 Å². The molecule has 0 aliphatic carbocycles. The lowest BCUT2D eigenvalue weighted by Gasteiger charge is -2.16. The summed E-state index contributed by atoms with van der Waals surface area (Å²) >= 11 is 0. The molecule has 3 rings (SSSR count). The van der Waals surface area contributed by atoms with E-state index in [9.17, 15) is 51.4 Å². The number of nitrogens with zero attached hydrogens (tertiary/aromatic N) is 4. The van der Waals surface area contributed by atoms with Crippen molar-refractivity contribution in [2.24, 2.45) is 0 Å². The van der Waals surface area contributed by atoms with Gasteiger partial charge in [-0.1, -0.05) is 0 Å². The molecule has 0 amide bonds. The minimum atomic E-state index is -5.11. The van der Waals surface area contributed by atoms with Crippen LogP contribution in [0.1, 0.15) is 11.3 Å². The highest BCUT2D eigenvalue weighted by Crippen LogP contribution is 2.36. The van der Waals surface area contributed by atoms with Crippen molar-refractivity contribution in [2.45, 2.75) is 12.4 Å². The van der Waals surface area contributed by atoms with Gasteiger partial charge in [0, 0.05) is 24.3 Å². The summed E-state index contributed by atoms with van der Waals surface area (Å²) in [7, 11) is 0. The second-order valence-electron chi connectivity index (χ2n) is 6.52. The number of nitrogens with one attached hydrogen (secondary N) is 1. The number of hydrogen-bond donors (Lipinski definition) is 1. The Kier molecular flexibility index (Phi) is 6.00. The van der Waals surface area contributed by atoms with Gasteiger partial charge in [0.05, 0.1) is 21.1 Å². The lowest BCUT2D eigenvalue weighted by atomic mass is 10.1. The molecule has 0 bridgehead atoms. The van der Waals surface area contributed by atoms with Crippen LogP contribution in [-0.4, -0.2) is 19.4 Å². The zero-order valence-electron chi connectivity index (χ0n) is 16.2. The molecule has 0 spiro atoms. The Morgan fingerprint density at radius 2 is 1.47 bits per heavy atom. The van der Waals surface area contributed by atoms with Crippen LogP contribution >= 0.6 is 0 Å². The van der Waals surface area contributed by atoms with Crippen LogP contribution < -0.4 is 10.9 Å². The molecule has 0 aliphatic rings. The van der Waals surface area contributed by atoms with Crippen LogP contribution in [0.5, 0.6) is 0 Å². The van der Waals surface area contributed by atoms with Crippen LogP contribution in [0.15, 0.2) is 53.3 Å². The smallest absolute Gasteiger partial charge is 0.319 e. The Bertz CT molecular complexity index is 1340. The van der Waals surface area contributed by atoms with E-state index in [0.717, 1.165) is 24.3 Å². The fourth-order valence-electron chi connectivity index (χ4n) is 2.77. The molecular weight excluding hydrogens is 480 g/mol. The van der Waals surface area contributed by atoms with E-state index in [4.69, 9.17) is 0 Å². The normalized spacial score (nSPS) is 11.8. The highest BCUT2D eigenvalue weighted by molar-refractivity contribution is 5.68. The van der Waals surface area contributed by atoms with Gasteiger partial charge in [-0.3, -0.25) is 25.0 Å². The van der Waals surface area contributed by atoms with Gasteiger partial charge in [-0.15, -0.1) is 0 Å². The molecule has 2 aromatic carbocycles. The van der Waals surface area contributed by atoms with E-state index in [1.807, 2.05) is 0 Å². The van der Waals surface area contributed by atoms with E-state index in [-0.39, 0.29) is 17.8 Å². The van der Waals surface area contributed by atoms with Crippen molar-refractivity contribution >= 4 is 23.0 Å². The number of hydrogen-bond acceptors (Lipinski definition) is 7. The molecule has 0 saturated heterocycles. The Morgan fingerprint density at radius 1 is 0.853 bits per heavy atom. The van der Waals surface area contributed by atoms with Crippen molar-refractivity contribution in [3.8, 4) is 5.69 Å². The lowest BCUT2D eigenvalue weighted by molar-refractivity contribution is -0.384. The molecule has 10 nitrogen and oxygen atoms in total. The molecule has 0 fully saturated rings. The van der Waals surface area contributed by atoms with Crippen LogP contribution in [-0.2, 0) is 12.4 Å². The van der Waals surface area contributed by atoms with E-state index in [0.29, 0.717) is 16.7 Å². The summed E-state index contributed by atoms with van der Waals surface area (Å²) in [5, 5.41) is 24.2. The number of anilines is 2. The topological polar surface area (TPSA) is 133 Å². The number of alkyl halides is 6. The third-order valence-corrected chi connectivity index (χ3v) is 4.30. The fourth-order valence-corrected chi connectivity index (χ4v) is 2.77. The summed E-state index contributed by atoms with van der Waals surface area (Å²) in [6, 6.07) is 5.18. The molecule has 1 N–H and O–H groups in total. The van der Waals surface area contributed by atoms with Gasteiger partial charge in [-0.2, -0.15) is 26.3 Å². The molecule has 178 valence electrons. The van der Waals surface area contributed by atoms with Crippen LogP contribution in [0, 0.1) is 20.2 Å². The first-order valence-corrected chi connectivity index (χ1v) is 8.77. The van der Waals surface area contributed by atoms with Crippen LogP contribution in [0.4, 0.5) is 49.4 Å². The third kappa shape index (κ3) is 4.94. The zero-order valence-corrected chi connectivity index (χ0v) is 16.2. The summed E-state index contributed by atoms with van der Waals surface area (Å²) in [4.78, 5) is 35.9. The summed E-state index contributed by atoms with van der Waals surface area (Å²) < 4.78 is 78.9. The average Bonchev–Trinajstić information content (AvgIpc) is 2.72. The van der Waals surface area contributed by atoms with Gasteiger partial charge in [0.15, 0.2) is 5.69 Å².